The van der Waals surface area contributed by atoms with Gasteiger partial charge in [0, 0.05) is 13.1 Å². The van der Waals surface area contributed by atoms with Crippen LogP contribution in [0, 0.1) is 5.92 Å². The van der Waals surface area contributed by atoms with Crippen molar-refractivity contribution >= 4 is 11.4 Å². The van der Waals surface area contributed by atoms with E-state index >= 15 is 0 Å². The van der Waals surface area contributed by atoms with Gasteiger partial charge in [-0.05, 0) is 47.6 Å². The molecule has 0 spiro atoms. The minimum absolute atomic E-state index is 0.162. The van der Waals surface area contributed by atoms with E-state index < -0.39 is 0 Å². The fourth-order valence-corrected chi connectivity index (χ4v) is 3.66. The van der Waals surface area contributed by atoms with Crippen LogP contribution >= 0.6 is 0 Å². The highest BCUT2D eigenvalue weighted by atomic mass is 15.1. The Kier molecular flexibility index (Phi) is 4.31. The summed E-state index contributed by atoms with van der Waals surface area (Å²) < 4.78 is 0. The largest absolute Gasteiger partial charge is 0.397 e. The minimum atomic E-state index is 0.162. The zero-order chi connectivity index (χ0) is 16.4. The van der Waals surface area contributed by atoms with E-state index in [-0.39, 0.29) is 5.41 Å². The van der Waals surface area contributed by atoms with E-state index in [0.29, 0.717) is 17.3 Å². The second-order valence-corrected chi connectivity index (χ2v) is 7.13. The number of hydrogen-bond acceptors (Lipinski definition) is 3. The molecule has 3 nitrogen and oxygen atoms in total. The molecule has 1 aliphatic rings. The van der Waals surface area contributed by atoms with Crippen LogP contribution < -0.4 is 11.5 Å². The van der Waals surface area contributed by atoms with Crippen molar-refractivity contribution in [3.05, 3.63) is 59.7 Å². The summed E-state index contributed by atoms with van der Waals surface area (Å²) in [5.74, 6) is 0.572. The first kappa shape index (κ1) is 15.9. The molecule has 2 unspecified atom stereocenters. The molecule has 122 valence electrons. The first-order chi connectivity index (χ1) is 11.0. The Morgan fingerprint density at radius 1 is 1.09 bits per heavy atom. The van der Waals surface area contributed by atoms with Crippen LogP contribution in [0.15, 0.2) is 48.5 Å². The molecule has 3 heteroatoms. The number of hydrogen-bond donors (Lipinski definition) is 2. The highest BCUT2D eigenvalue weighted by molar-refractivity contribution is 5.64. The molecule has 2 aromatic carbocycles. The van der Waals surface area contributed by atoms with Crippen LogP contribution in [-0.2, 0) is 12.0 Å². The zero-order valence-corrected chi connectivity index (χ0v) is 14.1. The Morgan fingerprint density at radius 3 is 2.48 bits per heavy atom. The second-order valence-electron chi connectivity index (χ2n) is 7.13. The maximum Gasteiger partial charge on any atom is 0.0550 e. The van der Waals surface area contributed by atoms with E-state index in [2.05, 4.69) is 61.2 Å². The molecule has 0 saturated carbocycles. The summed E-state index contributed by atoms with van der Waals surface area (Å²) in [4.78, 5) is 2.56. The van der Waals surface area contributed by atoms with Gasteiger partial charge in [-0.15, -0.1) is 0 Å². The highest BCUT2D eigenvalue weighted by Crippen LogP contribution is 2.40. The number of likely N-dealkylation sites (tertiary alicyclic amines) is 1. The van der Waals surface area contributed by atoms with Crippen molar-refractivity contribution in [2.45, 2.75) is 32.2 Å². The van der Waals surface area contributed by atoms with Crippen LogP contribution in [0.1, 0.15) is 31.4 Å². The van der Waals surface area contributed by atoms with Gasteiger partial charge in [-0.2, -0.15) is 0 Å². The molecule has 1 aliphatic heterocycles. The molecule has 1 saturated heterocycles. The molecule has 2 aromatic rings. The lowest BCUT2D eigenvalue weighted by Gasteiger charge is -2.45. The summed E-state index contributed by atoms with van der Waals surface area (Å²) in [5, 5.41) is 0. The highest BCUT2D eigenvalue weighted by Gasteiger charge is 2.38. The molecule has 4 N–H and O–H groups in total. The molecule has 0 aliphatic carbocycles. The summed E-state index contributed by atoms with van der Waals surface area (Å²) in [6.45, 7) is 7.97. The molecule has 0 amide bonds. The minimum Gasteiger partial charge on any atom is -0.397 e. The molecule has 1 fully saturated rings. The number of rotatable bonds is 3. The number of nitrogens with zero attached hydrogens (tertiary/aromatic N) is 1. The van der Waals surface area contributed by atoms with Crippen LogP contribution in [0.5, 0.6) is 0 Å². The monoisotopic (exact) mass is 309 g/mol. The van der Waals surface area contributed by atoms with E-state index in [9.17, 15) is 0 Å². The van der Waals surface area contributed by atoms with Gasteiger partial charge in [-0.3, -0.25) is 4.90 Å². The van der Waals surface area contributed by atoms with Gasteiger partial charge in [0.15, 0.2) is 0 Å². The van der Waals surface area contributed by atoms with Crippen LogP contribution in [-0.4, -0.2) is 18.0 Å². The van der Waals surface area contributed by atoms with Crippen LogP contribution in [0.25, 0.3) is 0 Å². The third-order valence-electron chi connectivity index (χ3n) is 5.56. The first-order valence-electron chi connectivity index (χ1n) is 8.41. The van der Waals surface area contributed by atoms with Gasteiger partial charge >= 0.3 is 0 Å². The van der Waals surface area contributed by atoms with Crippen molar-refractivity contribution in [2.75, 3.05) is 24.6 Å². The van der Waals surface area contributed by atoms with Gasteiger partial charge in [0.25, 0.3) is 0 Å². The first-order valence-corrected chi connectivity index (χ1v) is 8.41. The van der Waals surface area contributed by atoms with Crippen LogP contribution in [0.3, 0.4) is 0 Å². The number of piperidine rings is 1. The molecule has 3 rings (SSSR count). The maximum atomic E-state index is 6.03. The molecule has 0 bridgehead atoms. The summed E-state index contributed by atoms with van der Waals surface area (Å²) in [5.41, 5.74) is 16.1. The van der Waals surface area contributed by atoms with Crippen LogP contribution in [0.4, 0.5) is 11.4 Å². The Labute approximate surface area is 139 Å². The van der Waals surface area contributed by atoms with Crippen molar-refractivity contribution in [3.8, 4) is 0 Å². The van der Waals surface area contributed by atoms with E-state index in [1.807, 2.05) is 6.07 Å². The van der Waals surface area contributed by atoms with Crippen molar-refractivity contribution in [2.24, 2.45) is 5.92 Å². The zero-order valence-electron chi connectivity index (χ0n) is 14.1. The number of nitrogen functional groups attached to an aromatic ring is 2. The van der Waals surface area contributed by atoms with E-state index in [1.165, 1.54) is 11.1 Å². The lowest BCUT2D eigenvalue weighted by atomic mass is 9.68. The topological polar surface area (TPSA) is 55.3 Å². The van der Waals surface area contributed by atoms with Gasteiger partial charge in [0.1, 0.15) is 0 Å². The lowest BCUT2D eigenvalue weighted by molar-refractivity contribution is 0.105. The van der Waals surface area contributed by atoms with Gasteiger partial charge in [0.05, 0.1) is 11.4 Å². The Hall–Kier alpha value is -2.00. The normalized spacial score (nSPS) is 25.4. The lowest BCUT2D eigenvalue weighted by Crippen LogP contribution is -2.46. The molecule has 0 aromatic heterocycles. The molecular weight excluding hydrogens is 282 g/mol. The Bertz CT molecular complexity index is 668. The van der Waals surface area contributed by atoms with Crippen LogP contribution in [0.2, 0.25) is 0 Å². The smallest absolute Gasteiger partial charge is 0.0550 e. The van der Waals surface area contributed by atoms with Gasteiger partial charge < -0.3 is 11.5 Å². The average Bonchev–Trinajstić information content (AvgIpc) is 2.55. The summed E-state index contributed by atoms with van der Waals surface area (Å²) >= 11 is 0. The summed E-state index contributed by atoms with van der Waals surface area (Å²) in [6, 6.07) is 16.9. The summed E-state index contributed by atoms with van der Waals surface area (Å²) in [7, 11) is 0. The quantitative estimate of drug-likeness (QED) is 0.851. The van der Waals surface area contributed by atoms with Gasteiger partial charge in [-0.25, -0.2) is 0 Å². The predicted molar refractivity (Wildman–Crippen MR) is 98.1 cm³/mol. The number of anilines is 2. The van der Waals surface area contributed by atoms with E-state index in [1.54, 1.807) is 0 Å². The standard InChI is InChI=1S/C20H27N3/c1-15-13-23(14-16-6-4-3-5-7-16)11-10-20(15,2)17-8-9-18(21)19(22)12-17/h3-9,12,15H,10-11,13-14,21-22H2,1-2H3. The average molecular weight is 309 g/mol. The number of benzene rings is 2. The number of nitrogens with two attached hydrogens (primary N) is 2. The molecular formula is C20H27N3. The van der Waals surface area contributed by atoms with Gasteiger partial charge in [0.2, 0.25) is 0 Å². The molecule has 1 heterocycles. The Morgan fingerprint density at radius 2 is 1.83 bits per heavy atom. The third-order valence-corrected chi connectivity index (χ3v) is 5.56. The fourth-order valence-electron chi connectivity index (χ4n) is 3.66. The molecule has 0 radical (unpaired) electrons. The van der Waals surface area contributed by atoms with Crippen molar-refractivity contribution in [3.63, 3.8) is 0 Å². The van der Waals surface area contributed by atoms with Gasteiger partial charge in [-0.1, -0.05) is 50.2 Å². The predicted octanol–water partition coefficient (Wildman–Crippen LogP) is 3.65. The second kappa shape index (κ2) is 6.25. The molecule has 23 heavy (non-hydrogen) atoms. The van der Waals surface area contributed by atoms with E-state index in [0.717, 1.165) is 26.1 Å². The SMILES string of the molecule is CC1CN(Cc2ccccc2)CCC1(C)c1ccc(N)c(N)c1. The van der Waals surface area contributed by atoms with Crippen molar-refractivity contribution < 1.29 is 0 Å². The van der Waals surface area contributed by atoms with Crippen molar-refractivity contribution in [1.82, 2.24) is 4.90 Å². The fraction of sp³-hybridized carbons (Fsp3) is 0.400. The maximum absolute atomic E-state index is 6.03. The van der Waals surface area contributed by atoms with E-state index in [4.69, 9.17) is 11.5 Å². The third kappa shape index (κ3) is 3.20. The Balaban J connectivity index is 1.73. The molecule has 2 atom stereocenters. The van der Waals surface area contributed by atoms with Crippen molar-refractivity contribution in [1.29, 1.82) is 0 Å². The summed E-state index contributed by atoms with van der Waals surface area (Å²) in [6.07, 6.45) is 1.14.